The van der Waals surface area contributed by atoms with E-state index in [0.717, 1.165) is 48.6 Å². The first kappa shape index (κ1) is 17.3. The Bertz CT molecular complexity index is 483. The Morgan fingerprint density at radius 3 is 2.50 bits per heavy atom. The van der Waals surface area contributed by atoms with Gasteiger partial charge in [-0.1, -0.05) is 13.8 Å². The minimum Gasteiger partial charge on any atom is -0.314 e. The van der Waals surface area contributed by atoms with Crippen molar-refractivity contribution in [2.24, 2.45) is 0 Å². The number of nitrogens with one attached hydrogen (secondary N) is 1. The van der Waals surface area contributed by atoms with Crippen LogP contribution in [0, 0.1) is 13.8 Å². The summed E-state index contributed by atoms with van der Waals surface area (Å²) in [4.78, 5) is 18.3. The summed E-state index contributed by atoms with van der Waals surface area (Å²) in [7, 11) is 0. The molecule has 1 aromatic heterocycles. The topological polar surface area (TPSA) is 50.2 Å². The van der Waals surface area contributed by atoms with Crippen molar-refractivity contribution in [2.45, 2.75) is 34.2 Å². The van der Waals surface area contributed by atoms with E-state index in [9.17, 15) is 4.79 Å². The predicted octanol–water partition coefficient (Wildman–Crippen LogP) is 1.55. The second-order valence-corrected chi connectivity index (χ2v) is 5.60. The molecule has 5 nitrogen and oxygen atoms in total. The number of hydrogen-bond donors (Lipinski definition) is 1. The minimum absolute atomic E-state index is 0.172. The molecule has 0 atom stereocenters. The maximum atomic E-state index is 11.9. The van der Waals surface area contributed by atoms with Gasteiger partial charge in [0.2, 0.25) is 0 Å². The van der Waals surface area contributed by atoms with Crippen LogP contribution in [0.1, 0.15) is 25.2 Å². The Balaban J connectivity index is 2.47. The fraction of sp³-hybridized carbons (Fsp3) is 0.714. The number of nitrogens with zero attached hydrogens (tertiary/aromatic N) is 3. The summed E-state index contributed by atoms with van der Waals surface area (Å²) in [6.07, 6.45) is 0. The average molecular weight is 345 g/mol. The Hall–Kier alpha value is -0.720. The lowest BCUT2D eigenvalue weighted by Gasteiger charge is -2.18. The van der Waals surface area contributed by atoms with Gasteiger partial charge in [-0.3, -0.25) is 4.57 Å². The summed E-state index contributed by atoms with van der Waals surface area (Å²) in [5.74, 6) is 0. The standard InChI is InChI=1S/C14H25BrN4O/c1-5-18(6-2)9-7-16-8-10-19-12(4)13(15)11(3)17-14(19)20/h16H,5-10H2,1-4H3. The SMILES string of the molecule is CCN(CC)CCNCCn1c(C)c(Br)c(C)nc1=O. The van der Waals surface area contributed by atoms with E-state index in [1.165, 1.54) is 0 Å². The Kier molecular flexibility index (Phi) is 7.40. The van der Waals surface area contributed by atoms with Gasteiger partial charge in [-0.05, 0) is 42.9 Å². The molecule has 0 spiro atoms. The molecule has 114 valence electrons. The third kappa shape index (κ3) is 4.68. The molecule has 0 saturated carbocycles. The van der Waals surface area contributed by atoms with Gasteiger partial charge < -0.3 is 10.2 Å². The van der Waals surface area contributed by atoms with Gasteiger partial charge in [-0.25, -0.2) is 4.79 Å². The van der Waals surface area contributed by atoms with Crippen LogP contribution in [0.2, 0.25) is 0 Å². The number of likely N-dealkylation sites (N-methyl/N-ethyl adjacent to an activating group) is 1. The van der Waals surface area contributed by atoms with Crippen LogP contribution in [0.5, 0.6) is 0 Å². The summed E-state index contributed by atoms with van der Waals surface area (Å²) in [6.45, 7) is 13.7. The Morgan fingerprint density at radius 1 is 1.25 bits per heavy atom. The van der Waals surface area contributed by atoms with Gasteiger partial charge >= 0.3 is 5.69 Å². The lowest BCUT2D eigenvalue weighted by atomic mass is 10.3. The van der Waals surface area contributed by atoms with Crippen molar-refractivity contribution in [3.8, 4) is 0 Å². The van der Waals surface area contributed by atoms with Crippen molar-refractivity contribution in [3.05, 3.63) is 26.3 Å². The van der Waals surface area contributed by atoms with Crippen LogP contribution in [0.25, 0.3) is 0 Å². The second kappa shape index (κ2) is 8.54. The molecule has 0 aliphatic heterocycles. The van der Waals surface area contributed by atoms with Crippen LogP contribution in [0.4, 0.5) is 0 Å². The zero-order valence-corrected chi connectivity index (χ0v) is 14.5. The number of aryl methyl sites for hydroxylation is 1. The smallest absolute Gasteiger partial charge is 0.314 e. The van der Waals surface area contributed by atoms with Crippen LogP contribution < -0.4 is 11.0 Å². The van der Waals surface area contributed by atoms with Crippen molar-refractivity contribution in [1.29, 1.82) is 0 Å². The van der Waals surface area contributed by atoms with Gasteiger partial charge in [0.05, 0.1) is 10.2 Å². The molecule has 1 N–H and O–H groups in total. The second-order valence-electron chi connectivity index (χ2n) is 4.81. The third-order valence-corrected chi connectivity index (χ3v) is 4.69. The molecular formula is C14H25BrN4O. The summed E-state index contributed by atoms with van der Waals surface area (Å²) >= 11 is 3.48. The summed E-state index contributed by atoms with van der Waals surface area (Å²) in [6, 6.07) is 0. The molecule has 6 heteroatoms. The van der Waals surface area contributed by atoms with Gasteiger partial charge in [0.25, 0.3) is 0 Å². The van der Waals surface area contributed by atoms with E-state index in [-0.39, 0.29) is 5.69 Å². The summed E-state index contributed by atoms with van der Waals surface area (Å²) in [5, 5.41) is 3.38. The van der Waals surface area contributed by atoms with Crippen molar-refractivity contribution < 1.29 is 0 Å². The first-order chi connectivity index (χ1) is 9.51. The van der Waals surface area contributed by atoms with E-state index < -0.39 is 0 Å². The van der Waals surface area contributed by atoms with Gasteiger partial charge in [-0.15, -0.1) is 0 Å². The normalized spacial score (nSPS) is 11.3. The molecule has 0 aromatic carbocycles. The van der Waals surface area contributed by atoms with Crippen LogP contribution in [-0.4, -0.2) is 47.2 Å². The molecule has 20 heavy (non-hydrogen) atoms. The molecule has 0 amide bonds. The molecule has 1 aromatic rings. The van der Waals surface area contributed by atoms with Crippen LogP contribution in [0.3, 0.4) is 0 Å². The van der Waals surface area contributed by atoms with Crippen molar-refractivity contribution >= 4 is 15.9 Å². The molecule has 0 radical (unpaired) electrons. The largest absolute Gasteiger partial charge is 0.348 e. The van der Waals surface area contributed by atoms with E-state index >= 15 is 0 Å². The lowest BCUT2D eigenvalue weighted by molar-refractivity contribution is 0.301. The molecule has 0 fully saturated rings. The molecule has 0 aliphatic rings. The number of aromatic nitrogens is 2. The first-order valence-electron chi connectivity index (χ1n) is 7.17. The van der Waals surface area contributed by atoms with Gasteiger partial charge in [0, 0.05) is 31.9 Å². The van der Waals surface area contributed by atoms with Gasteiger partial charge in [0.1, 0.15) is 0 Å². The molecule has 1 rings (SSSR count). The van der Waals surface area contributed by atoms with Gasteiger partial charge in [0.15, 0.2) is 0 Å². The van der Waals surface area contributed by atoms with Crippen molar-refractivity contribution in [2.75, 3.05) is 32.7 Å². The van der Waals surface area contributed by atoms with Crippen molar-refractivity contribution in [3.63, 3.8) is 0 Å². The molecule has 0 saturated heterocycles. The van der Waals surface area contributed by atoms with E-state index in [1.807, 2.05) is 13.8 Å². The summed E-state index contributed by atoms with van der Waals surface area (Å²) < 4.78 is 2.63. The number of rotatable bonds is 8. The van der Waals surface area contributed by atoms with E-state index in [4.69, 9.17) is 0 Å². The zero-order chi connectivity index (χ0) is 15.1. The fourth-order valence-electron chi connectivity index (χ4n) is 2.13. The van der Waals surface area contributed by atoms with E-state index in [1.54, 1.807) is 4.57 Å². The molecule has 1 heterocycles. The predicted molar refractivity (Wildman–Crippen MR) is 86.3 cm³/mol. The molecule has 0 unspecified atom stereocenters. The van der Waals surface area contributed by atoms with E-state index in [2.05, 4.69) is 45.0 Å². The Morgan fingerprint density at radius 2 is 1.90 bits per heavy atom. The zero-order valence-electron chi connectivity index (χ0n) is 12.9. The average Bonchev–Trinajstić information content (AvgIpc) is 2.43. The number of hydrogen-bond acceptors (Lipinski definition) is 4. The quantitative estimate of drug-likeness (QED) is 0.727. The minimum atomic E-state index is -0.172. The summed E-state index contributed by atoms with van der Waals surface area (Å²) in [5.41, 5.74) is 1.51. The number of halogens is 1. The maximum absolute atomic E-state index is 11.9. The highest BCUT2D eigenvalue weighted by atomic mass is 79.9. The van der Waals surface area contributed by atoms with Gasteiger partial charge in [-0.2, -0.15) is 4.98 Å². The Labute approximate surface area is 129 Å². The van der Waals surface area contributed by atoms with Crippen molar-refractivity contribution in [1.82, 2.24) is 19.8 Å². The molecule has 0 bridgehead atoms. The van der Waals surface area contributed by atoms with Crippen LogP contribution in [-0.2, 0) is 6.54 Å². The highest BCUT2D eigenvalue weighted by Gasteiger charge is 2.08. The van der Waals surface area contributed by atoms with E-state index in [0.29, 0.717) is 6.54 Å². The highest BCUT2D eigenvalue weighted by molar-refractivity contribution is 9.10. The molecule has 0 aliphatic carbocycles. The lowest BCUT2D eigenvalue weighted by Crippen LogP contribution is -2.35. The maximum Gasteiger partial charge on any atom is 0.348 e. The van der Waals surface area contributed by atoms with Crippen LogP contribution >= 0.6 is 15.9 Å². The first-order valence-corrected chi connectivity index (χ1v) is 7.97. The molecular weight excluding hydrogens is 320 g/mol. The third-order valence-electron chi connectivity index (χ3n) is 3.55. The highest BCUT2D eigenvalue weighted by Crippen LogP contribution is 2.16. The van der Waals surface area contributed by atoms with Crippen LogP contribution in [0.15, 0.2) is 9.27 Å². The monoisotopic (exact) mass is 344 g/mol. The fourth-order valence-corrected chi connectivity index (χ4v) is 2.44.